The van der Waals surface area contributed by atoms with Crippen molar-refractivity contribution in [3.8, 4) is 17.2 Å². The van der Waals surface area contributed by atoms with Gasteiger partial charge >= 0.3 is 0 Å². The van der Waals surface area contributed by atoms with Crippen LogP contribution in [0.4, 0.5) is 5.13 Å². The summed E-state index contributed by atoms with van der Waals surface area (Å²) in [6.45, 7) is 1.98. The maximum Gasteiger partial charge on any atom is 0.280 e. The van der Waals surface area contributed by atoms with Crippen LogP contribution in [-0.2, 0) is 10.0 Å². The SMILES string of the molecule is COc1cc(/C=N/N(C(=O)c2ccc(S(=O)(=O)N(C)C)cc2)c2nc3ccc(C)cc3s2)cc(OC)c1OC. The highest BCUT2D eigenvalue weighted by atomic mass is 32.2. The minimum atomic E-state index is -3.64. The van der Waals surface area contributed by atoms with Crippen LogP contribution in [0.1, 0.15) is 21.5 Å². The molecule has 0 N–H and O–H groups in total. The first-order chi connectivity index (χ1) is 18.6. The summed E-state index contributed by atoms with van der Waals surface area (Å²) in [4.78, 5) is 18.4. The Morgan fingerprint density at radius 2 is 1.59 bits per heavy atom. The normalized spacial score (nSPS) is 11.8. The van der Waals surface area contributed by atoms with E-state index < -0.39 is 15.9 Å². The fourth-order valence-electron chi connectivity index (χ4n) is 3.70. The number of ether oxygens (including phenoxy) is 3. The summed E-state index contributed by atoms with van der Waals surface area (Å²) in [5, 5.41) is 6.04. The number of fused-ring (bicyclic) bond motifs is 1. The third-order valence-corrected chi connectivity index (χ3v) is 8.62. The molecule has 3 aromatic carbocycles. The smallest absolute Gasteiger partial charge is 0.280 e. The van der Waals surface area contributed by atoms with E-state index in [0.717, 1.165) is 20.1 Å². The maximum absolute atomic E-state index is 13.7. The Morgan fingerprint density at radius 1 is 0.949 bits per heavy atom. The molecule has 0 atom stereocenters. The topological polar surface area (TPSA) is 111 Å². The molecule has 204 valence electrons. The Bertz CT molecular complexity index is 1620. The lowest BCUT2D eigenvalue weighted by atomic mass is 10.2. The average molecular weight is 569 g/mol. The minimum Gasteiger partial charge on any atom is -0.493 e. The van der Waals surface area contributed by atoms with Crippen LogP contribution in [0.15, 0.2) is 64.6 Å². The van der Waals surface area contributed by atoms with Crippen molar-refractivity contribution in [2.75, 3.05) is 40.4 Å². The number of hydrazone groups is 1. The van der Waals surface area contributed by atoms with Crippen molar-refractivity contribution in [2.45, 2.75) is 11.8 Å². The van der Waals surface area contributed by atoms with Crippen molar-refractivity contribution in [3.63, 3.8) is 0 Å². The molecule has 4 rings (SSSR count). The first-order valence-electron chi connectivity index (χ1n) is 11.7. The molecule has 0 radical (unpaired) electrons. The fourth-order valence-corrected chi connectivity index (χ4v) is 5.62. The fraction of sp³-hybridized carbons (Fsp3) is 0.222. The number of amides is 1. The second-order valence-electron chi connectivity index (χ2n) is 8.60. The van der Waals surface area contributed by atoms with Gasteiger partial charge in [-0.05, 0) is 61.0 Å². The van der Waals surface area contributed by atoms with Gasteiger partial charge in [0.1, 0.15) is 0 Å². The van der Waals surface area contributed by atoms with Gasteiger partial charge in [0.05, 0.1) is 42.7 Å². The summed E-state index contributed by atoms with van der Waals surface area (Å²) in [6.07, 6.45) is 1.49. The maximum atomic E-state index is 13.7. The first kappa shape index (κ1) is 28.0. The molecule has 0 bridgehead atoms. The Morgan fingerprint density at radius 3 is 2.15 bits per heavy atom. The number of carbonyl (C=O) groups excluding carboxylic acids is 1. The number of anilines is 1. The van der Waals surface area contributed by atoms with Crippen molar-refractivity contribution < 1.29 is 27.4 Å². The number of hydrogen-bond donors (Lipinski definition) is 0. The number of rotatable bonds is 9. The van der Waals surface area contributed by atoms with Gasteiger partial charge in [0.2, 0.25) is 20.9 Å². The third-order valence-electron chi connectivity index (χ3n) is 5.80. The number of aryl methyl sites for hydroxylation is 1. The molecule has 10 nitrogen and oxygen atoms in total. The molecule has 12 heteroatoms. The summed E-state index contributed by atoms with van der Waals surface area (Å²) < 4.78 is 43.2. The summed E-state index contributed by atoms with van der Waals surface area (Å²) in [7, 11) is 3.79. The van der Waals surface area contributed by atoms with E-state index in [1.165, 1.54) is 82.3 Å². The minimum absolute atomic E-state index is 0.0759. The molecule has 0 aliphatic rings. The van der Waals surface area contributed by atoms with E-state index in [-0.39, 0.29) is 10.5 Å². The molecule has 0 aliphatic heterocycles. The predicted octanol–water partition coefficient (Wildman–Crippen LogP) is 4.56. The van der Waals surface area contributed by atoms with E-state index in [9.17, 15) is 13.2 Å². The van der Waals surface area contributed by atoms with Crippen LogP contribution in [0, 0.1) is 6.92 Å². The number of carbonyl (C=O) groups is 1. The van der Waals surface area contributed by atoms with Crippen LogP contribution in [0.2, 0.25) is 0 Å². The van der Waals surface area contributed by atoms with Crippen molar-refractivity contribution in [3.05, 3.63) is 71.3 Å². The number of nitrogens with zero attached hydrogens (tertiary/aromatic N) is 4. The van der Waals surface area contributed by atoms with Gasteiger partial charge in [0.15, 0.2) is 11.5 Å². The second-order valence-corrected chi connectivity index (χ2v) is 11.8. The van der Waals surface area contributed by atoms with Crippen LogP contribution < -0.4 is 19.2 Å². The van der Waals surface area contributed by atoms with Gasteiger partial charge in [-0.3, -0.25) is 4.79 Å². The van der Waals surface area contributed by atoms with Gasteiger partial charge in [-0.15, -0.1) is 0 Å². The van der Waals surface area contributed by atoms with E-state index in [1.807, 2.05) is 25.1 Å². The second kappa shape index (κ2) is 11.4. The molecule has 0 unspecified atom stereocenters. The molecular formula is C27H28N4O6S2. The molecule has 0 spiro atoms. The molecule has 1 heterocycles. The summed E-state index contributed by atoms with van der Waals surface area (Å²) in [5.74, 6) is 0.816. The van der Waals surface area contributed by atoms with E-state index in [4.69, 9.17) is 14.2 Å². The summed E-state index contributed by atoms with van der Waals surface area (Å²) in [5.41, 5.74) is 2.62. The zero-order valence-electron chi connectivity index (χ0n) is 22.3. The quantitative estimate of drug-likeness (QED) is 0.215. The Balaban J connectivity index is 1.78. The third kappa shape index (κ3) is 5.72. The number of benzene rings is 3. The highest BCUT2D eigenvalue weighted by Gasteiger charge is 2.23. The standard InChI is InChI=1S/C27H28N4O6S2/c1-17-7-12-21-24(13-17)38-27(29-21)31(26(32)19-8-10-20(11-9-19)39(33,34)30(2)3)28-16-18-14-22(35-4)25(37-6)23(15-18)36-5/h7-16H,1-6H3/b28-16+. The molecule has 1 amide bonds. The molecule has 1 aromatic heterocycles. The van der Waals surface area contributed by atoms with Gasteiger partial charge in [0.25, 0.3) is 5.91 Å². The Kier molecular flexibility index (Phi) is 8.19. The first-order valence-corrected chi connectivity index (χ1v) is 13.9. The molecule has 39 heavy (non-hydrogen) atoms. The highest BCUT2D eigenvalue weighted by molar-refractivity contribution is 7.89. The highest BCUT2D eigenvalue weighted by Crippen LogP contribution is 2.38. The van der Waals surface area contributed by atoms with Crippen LogP contribution in [0.3, 0.4) is 0 Å². The van der Waals surface area contributed by atoms with Gasteiger partial charge < -0.3 is 14.2 Å². The summed E-state index contributed by atoms with van der Waals surface area (Å²) >= 11 is 1.32. The van der Waals surface area contributed by atoms with E-state index in [1.54, 1.807) is 12.1 Å². The van der Waals surface area contributed by atoms with Crippen LogP contribution in [0.25, 0.3) is 10.2 Å². The Hall–Kier alpha value is -4.00. The van der Waals surface area contributed by atoms with Gasteiger partial charge in [-0.1, -0.05) is 17.4 Å². The van der Waals surface area contributed by atoms with Crippen molar-refractivity contribution in [1.82, 2.24) is 9.29 Å². The van der Waals surface area contributed by atoms with Crippen LogP contribution in [-0.4, -0.2) is 65.3 Å². The number of methoxy groups -OCH3 is 3. The van der Waals surface area contributed by atoms with Crippen LogP contribution in [0.5, 0.6) is 17.2 Å². The zero-order chi connectivity index (χ0) is 28.3. The zero-order valence-corrected chi connectivity index (χ0v) is 24.0. The van der Waals surface area contributed by atoms with Gasteiger partial charge in [-0.25, -0.2) is 17.7 Å². The average Bonchev–Trinajstić information content (AvgIpc) is 3.35. The number of aromatic nitrogens is 1. The molecule has 0 aliphatic carbocycles. The lowest BCUT2D eigenvalue weighted by Gasteiger charge is -2.16. The van der Waals surface area contributed by atoms with E-state index in [2.05, 4.69) is 10.1 Å². The number of hydrogen-bond acceptors (Lipinski definition) is 9. The van der Waals surface area contributed by atoms with Crippen molar-refractivity contribution >= 4 is 48.8 Å². The monoisotopic (exact) mass is 568 g/mol. The molecule has 0 saturated heterocycles. The molecule has 0 saturated carbocycles. The lowest BCUT2D eigenvalue weighted by Crippen LogP contribution is -2.26. The molecule has 0 fully saturated rings. The number of thiazole rings is 1. The molecule has 4 aromatic rings. The van der Waals surface area contributed by atoms with Gasteiger partial charge in [0, 0.05) is 25.2 Å². The predicted molar refractivity (Wildman–Crippen MR) is 152 cm³/mol. The van der Waals surface area contributed by atoms with Crippen LogP contribution >= 0.6 is 11.3 Å². The van der Waals surface area contributed by atoms with Crippen molar-refractivity contribution in [1.29, 1.82) is 0 Å². The molecular weight excluding hydrogens is 540 g/mol. The van der Waals surface area contributed by atoms with Crippen molar-refractivity contribution in [2.24, 2.45) is 5.10 Å². The largest absolute Gasteiger partial charge is 0.493 e. The van der Waals surface area contributed by atoms with E-state index in [0.29, 0.717) is 27.9 Å². The summed E-state index contributed by atoms with van der Waals surface area (Å²) in [6, 6.07) is 14.9. The van der Waals surface area contributed by atoms with Gasteiger partial charge in [-0.2, -0.15) is 10.1 Å². The lowest BCUT2D eigenvalue weighted by molar-refractivity contribution is 0.0987. The Labute approximate surface area is 231 Å². The van der Waals surface area contributed by atoms with E-state index >= 15 is 0 Å². The number of sulfonamides is 1.